The molecule has 7 nitrogen and oxygen atoms in total. The number of halogens is 1. The lowest BCUT2D eigenvalue weighted by molar-refractivity contribution is -0.120. The van der Waals surface area contributed by atoms with E-state index >= 15 is 0 Å². The molecule has 3 aromatic rings. The second-order valence-electron chi connectivity index (χ2n) is 8.94. The summed E-state index contributed by atoms with van der Waals surface area (Å²) < 4.78 is 28.4. The van der Waals surface area contributed by atoms with Crippen LogP contribution >= 0.6 is 34.3 Å². The van der Waals surface area contributed by atoms with Gasteiger partial charge in [0.25, 0.3) is 10.0 Å². The molecule has 2 aliphatic heterocycles. The highest BCUT2D eigenvalue weighted by molar-refractivity contribution is 7.91. The van der Waals surface area contributed by atoms with Gasteiger partial charge in [0.2, 0.25) is 5.91 Å². The van der Waals surface area contributed by atoms with Crippen LogP contribution in [0.2, 0.25) is 4.34 Å². The number of anilines is 1. The fraction of sp³-hybridized carbons (Fsp3) is 0.360. The molecule has 0 aliphatic carbocycles. The minimum absolute atomic E-state index is 0.134. The summed E-state index contributed by atoms with van der Waals surface area (Å²) in [7, 11) is -3.84. The van der Waals surface area contributed by atoms with Crippen molar-refractivity contribution in [2.24, 2.45) is 0 Å². The topological polar surface area (TPSA) is 93.5 Å². The quantitative estimate of drug-likeness (QED) is 0.454. The number of hydrogen-bond acceptors (Lipinski definition) is 7. The molecule has 0 bridgehead atoms. The van der Waals surface area contributed by atoms with E-state index in [2.05, 4.69) is 28.4 Å². The van der Waals surface area contributed by atoms with Crippen LogP contribution in [0.3, 0.4) is 0 Å². The Bertz CT molecular complexity index is 1410. The molecule has 0 saturated carbocycles. The molecule has 11 heteroatoms. The number of hydrogen-bond donors (Lipinski definition) is 1. The van der Waals surface area contributed by atoms with E-state index in [-0.39, 0.29) is 10.8 Å². The van der Waals surface area contributed by atoms with Gasteiger partial charge >= 0.3 is 0 Å². The molecular weight excluding hydrogens is 536 g/mol. The Balaban J connectivity index is 1.35. The highest BCUT2D eigenvalue weighted by atomic mass is 35.5. The van der Waals surface area contributed by atoms with E-state index in [4.69, 9.17) is 11.6 Å². The minimum atomic E-state index is -3.84. The molecule has 1 fully saturated rings. The second kappa shape index (κ2) is 10.6. The van der Waals surface area contributed by atoms with Crippen molar-refractivity contribution in [2.75, 3.05) is 18.4 Å². The molecule has 1 amide bonds. The van der Waals surface area contributed by atoms with E-state index in [9.17, 15) is 18.5 Å². The molecule has 36 heavy (non-hydrogen) atoms. The fourth-order valence-corrected chi connectivity index (χ4v) is 9.35. The van der Waals surface area contributed by atoms with Crippen LogP contribution < -0.4 is 5.32 Å². The van der Waals surface area contributed by atoms with Crippen LogP contribution in [0.1, 0.15) is 40.8 Å². The molecule has 2 aromatic heterocycles. The van der Waals surface area contributed by atoms with Gasteiger partial charge in [0.15, 0.2) is 0 Å². The third-order valence-corrected chi connectivity index (χ3v) is 11.3. The zero-order valence-electron chi connectivity index (χ0n) is 19.4. The van der Waals surface area contributed by atoms with Gasteiger partial charge in [-0.25, -0.2) is 8.42 Å². The molecule has 4 heterocycles. The van der Waals surface area contributed by atoms with Gasteiger partial charge in [-0.05, 0) is 42.5 Å². The number of sulfonamides is 1. The first-order valence-electron chi connectivity index (χ1n) is 11.8. The van der Waals surface area contributed by atoms with Crippen LogP contribution in [0.4, 0.5) is 5.00 Å². The summed E-state index contributed by atoms with van der Waals surface area (Å²) in [5, 5.41) is 13.3. The van der Waals surface area contributed by atoms with Gasteiger partial charge in [-0.3, -0.25) is 9.69 Å². The summed E-state index contributed by atoms with van der Waals surface area (Å²) in [6.07, 6.45) is 2.62. The van der Waals surface area contributed by atoms with Crippen LogP contribution in [-0.2, 0) is 34.3 Å². The van der Waals surface area contributed by atoms with Gasteiger partial charge in [0.1, 0.15) is 21.3 Å². The maximum absolute atomic E-state index is 13.4. The maximum Gasteiger partial charge on any atom is 0.253 e. The van der Waals surface area contributed by atoms with E-state index in [1.165, 1.54) is 27.3 Å². The number of amides is 1. The standard InChI is InChI=1S/C25H25ClN4O3S3/c26-22-9-10-23(35-22)36(32,33)30-12-5-4-8-20(30)24(31)28-25-19(14-27)18-11-13-29(16-21(18)34-25)15-17-6-2-1-3-7-17/h1-3,6-7,9-10,20H,4-5,8,11-13,15-16H2,(H,28,31). The Morgan fingerprint density at radius 3 is 2.67 bits per heavy atom. The highest BCUT2D eigenvalue weighted by Crippen LogP contribution is 2.38. The first kappa shape index (κ1) is 25.4. The van der Waals surface area contributed by atoms with Crippen molar-refractivity contribution >= 4 is 55.2 Å². The number of fused-ring (bicyclic) bond motifs is 1. The van der Waals surface area contributed by atoms with Crippen molar-refractivity contribution in [3.05, 3.63) is 68.4 Å². The maximum atomic E-state index is 13.4. The summed E-state index contributed by atoms with van der Waals surface area (Å²) in [4.78, 5) is 16.8. The third kappa shape index (κ3) is 5.09. The monoisotopic (exact) mass is 560 g/mol. The zero-order valence-corrected chi connectivity index (χ0v) is 22.7. The molecule has 1 N–H and O–H groups in total. The van der Waals surface area contributed by atoms with E-state index in [0.29, 0.717) is 34.3 Å². The number of piperidine rings is 1. The van der Waals surface area contributed by atoms with Gasteiger partial charge in [-0.15, -0.1) is 22.7 Å². The van der Waals surface area contributed by atoms with E-state index in [1.54, 1.807) is 6.07 Å². The van der Waals surface area contributed by atoms with Crippen molar-refractivity contribution in [1.82, 2.24) is 9.21 Å². The Morgan fingerprint density at radius 2 is 1.94 bits per heavy atom. The predicted molar refractivity (Wildman–Crippen MR) is 143 cm³/mol. The van der Waals surface area contributed by atoms with Crippen LogP contribution in [0.25, 0.3) is 0 Å². The van der Waals surface area contributed by atoms with Crippen LogP contribution in [0.5, 0.6) is 0 Å². The molecular formula is C25H25ClN4O3S3. The number of nitriles is 1. The number of nitrogens with zero attached hydrogens (tertiary/aromatic N) is 3. The SMILES string of the molecule is N#Cc1c(NC(=O)C2CCCCN2S(=O)(=O)c2ccc(Cl)s2)sc2c1CCN(Cc1ccccc1)C2. The first-order valence-corrected chi connectivity index (χ1v) is 15.2. The van der Waals surface area contributed by atoms with E-state index in [1.807, 2.05) is 18.2 Å². The molecule has 2 aliphatic rings. The molecule has 1 atom stereocenters. The Kier molecular flexibility index (Phi) is 7.49. The van der Waals surface area contributed by atoms with Crippen molar-refractivity contribution < 1.29 is 13.2 Å². The summed E-state index contributed by atoms with van der Waals surface area (Å²) >= 11 is 8.39. The first-order chi connectivity index (χ1) is 17.4. The number of carbonyl (C=O) groups is 1. The average Bonchev–Trinajstić information content (AvgIpc) is 3.47. The Morgan fingerprint density at radius 1 is 1.14 bits per heavy atom. The fourth-order valence-electron chi connectivity index (χ4n) is 4.84. The van der Waals surface area contributed by atoms with Gasteiger partial charge < -0.3 is 5.32 Å². The second-order valence-corrected chi connectivity index (χ2v) is 13.9. The number of thiophene rings is 2. The van der Waals surface area contributed by atoms with Crippen molar-refractivity contribution in [1.29, 1.82) is 5.26 Å². The molecule has 5 rings (SSSR count). The number of nitrogens with one attached hydrogen (secondary N) is 1. The predicted octanol–water partition coefficient (Wildman–Crippen LogP) is 5.07. The van der Waals surface area contributed by atoms with E-state index < -0.39 is 22.0 Å². The number of rotatable bonds is 6. The molecule has 1 saturated heterocycles. The van der Waals surface area contributed by atoms with E-state index in [0.717, 1.165) is 47.7 Å². The van der Waals surface area contributed by atoms with Crippen molar-refractivity contribution in [3.8, 4) is 6.07 Å². The highest BCUT2D eigenvalue weighted by Gasteiger charge is 2.39. The van der Waals surface area contributed by atoms with Gasteiger partial charge in [0.05, 0.1) is 9.90 Å². The van der Waals surface area contributed by atoms with Crippen LogP contribution in [-0.4, -0.2) is 42.7 Å². The summed E-state index contributed by atoms with van der Waals surface area (Å²) in [5.41, 5.74) is 2.72. The summed E-state index contributed by atoms with van der Waals surface area (Å²) in [5.74, 6) is -0.392. The van der Waals surface area contributed by atoms with Crippen LogP contribution in [0.15, 0.2) is 46.7 Å². The van der Waals surface area contributed by atoms with Gasteiger partial charge in [-0.1, -0.05) is 48.4 Å². The minimum Gasteiger partial charge on any atom is -0.315 e. The Labute approximate surface area is 224 Å². The lowest BCUT2D eigenvalue weighted by Gasteiger charge is -2.33. The van der Waals surface area contributed by atoms with Gasteiger partial charge in [0, 0.05) is 31.1 Å². The summed E-state index contributed by atoms with van der Waals surface area (Å²) in [6.45, 7) is 2.64. The number of benzene rings is 1. The zero-order chi connectivity index (χ0) is 25.3. The van der Waals surface area contributed by atoms with Crippen molar-refractivity contribution in [3.63, 3.8) is 0 Å². The Hall–Kier alpha value is -2.26. The number of carbonyl (C=O) groups excluding carboxylic acids is 1. The molecule has 188 valence electrons. The molecule has 1 aromatic carbocycles. The van der Waals surface area contributed by atoms with Gasteiger partial charge in [-0.2, -0.15) is 9.57 Å². The molecule has 0 radical (unpaired) electrons. The largest absolute Gasteiger partial charge is 0.315 e. The average molecular weight is 561 g/mol. The molecule has 1 unspecified atom stereocenters. The normalized spacial score (nSPS) is 18.9. The van der Waals surface area contributed by atoms with Crippen LogP contribution in [0, 0.1) is 11.3 Å². The summed E-state index contributed by atoms with van der Waals surface area (Å²) in [6, 6.07) is 14.7. The van der Waals surface area contributed by atoms with Crippen molar-refractivity contribution in [2.45, 2.75) is 49.0 Å². The lowest BCUT2D eigenvalue weighted by atomic mass is 10.0. The molecule has 0 spiro atoms. The third-order valence-electron chi connectivity index (χ3n) is 6.60. The lowest BCUT2D eigenvalue weighted by Crippen LogP contribution is -2.49. The smallest absolute Gasteiger partial charge is 0.253 e.